The quantitative estimate of drug-likeness (QED) is 0.711. The van der Waals surface area contributed by atoms with Crippen molar-refractivity contribution in [3.8, 4) is 0 Å². The normalized spacial score (nSPS) is 17.4. The van der Waals surface area contributed by atoms with Gasteiger partial charge >= 0.3 is 12.4 Å². The van der Waals surface area contributed by atoms with Crippen molar-refractivity contribution in [3.63, 3.8) is 0 Å². The number of rotatable bonds is 4. The summed E-state index contributed by atoms with van der Waals surface area (Å²) < 4.78 is 76.2. The van der Waals surface area contributed by atoms with Gasteiger partial charge in [-0.2, -0.15) is 26.3 Å². The first-order chi connectivity index (χ1) is 10.7. The smallest absolute Gasteiger partial charge is 0.314 e. The molecule has 2 rings (SSSR count). The minimum atomic E-state index is -4.51. The second kappa shape index (κ2) is 9.85. The maximum absolute atomic E-state index is 12.8. The molecule has 1 aliphatic rings. The zero-order valence-electron chi connectivity index (χ0n) is 13.2. The first-order valence-corrected chi connectivity index (χ1v) is 7.35. The van der Waals surface area contributed by atoms with Crippen LogP contribution in [0.1, 0.15) is 30.0 Å². The number of hydrogen-bond acceptors (Lipinski definition) is 2. The standard InChI is InChI=1S/C15H18F6N2.2ClH/c16-14(17,18)5-4-13(23-8-6-22-7-9-23)11-2-1-3-12(10-11)15(19,20)21;;/h1-3,10,13,22H,4-9H2;2*1H/t13-;;/m1../s1. The fraction of sp³-hybridized carbons (Fsp3) is 0.600. The molecule has 0 aliphatic carbocycles. The van der Waals surface area contributed by atoms with E-state index in [2.05, 4.69) is 5.32 Å². The molecule has 0 unspecified atom stereocenters. The van der Waals surface area contributed by atoms with Gasteiger partial charge in [-0.05, 0) is 24.1 Å². The fourth-order valence-corrected chi connectivity index (χ4v) is 2.78. The van der Waals surface area contributed by atoms with Crippen LogP contribution in [0.4, 0.5) is 26.3 Å². The van der Waals surface area contributed by atoms with E-state index in [1.165, 1.54) is 12.1 Å². The van der Waals surface area contributed by atoms with Gasteiger partial charge in [0.2, 0.25) is 0 Å². The number of benzene rings is 1. The Morgan fingerprint density at radius 2 is 1.60 bits per heavy atom. The van der Waals surface area contributed by atoms with E-state index in [-0.39, 0.29) is 36.8 Å². The van der Waals surface area contributed by atoms with E-state index in [1.807, 2.05) is 4.90 Å². The van der Waals surface area contributed by atoms with Crippen molar-refractivity contribution in [1.29, 1.82) is 0 Å². The van der Waals surface area contributed by atoms with Gasteiger partial charge in [0.25, 0.3) is 0 Å². The maximum atomic E-state index is 12.8. The maximum Gasteiger partial charge on any atom is 0.416 e. The zero-order valence-corrected chi connectivity index (χ0v) is 14.8. The zero-order chi connectivity index (χ0) is 17.1. The molecule has 0 spiro atoms. The molecule has 1 aromatic rings. The summed E-state index contributed by atoms with van der Waals surface area (Å²) in [6.45, 7) is 2.25. The topological polar surface area (TPSA) is 15.3 Å². The van der Waals surface area contributed by atoms with E-state index in [0.29, 0.717) is 26.2 Å². The van der Waals surface area contributed by atoms with Crippen LogP contribution < -0.4 is 5.32 Å². The molecule has 0 amide bonds. The summed E-state index contributed by atoms with van der Waals surface area (Å²) in [6.07, 6.45) is -10.1. The molecule has 1 N–H and O–H groups in total. The summed E-state index contributed by atoms with van der Waals surface area (Å²) in [7, 11) is 0. The lowest BCUT2D eigenvalue weighted by molar-refractivity contribution is -0.140. The van der Waals surface area contributed by atoms with Crippen LogP contribution in [0.5, 0.6) is 0 Å². The summed E-state index contributed by atoms with van der Waals surface area (Å²) >= 11 is 0. The van der Waals surface area contributed by atoms with E-state index >= 15 is 0 Å². The number of hydrogen-bond donors (Lipinski definition) is 1. The molecule has 25 heavy (non-hydrogen) atoms. The molecule has 1 atom stereocenters. The SMILES string of the molecule is Cl.Cl.FC(F)(F)CC[C@H](c1cccc(C(F)(F)F)c1)N1CCNCC1. The van der Waals surface area contributed by atoms with E-state index in [1.54, 1.807) is 0 Å². The molecule has 146 valence electrons. The Labute approximate surface area is 154 Å². The van der Waals surface area contributed by atoms with Crippen molar-refractivity contribution in [2.24, 2.45) is 0 Å². The highest BCUT2D eigenvalue weighted by atomic mass is 35.5. The average molecular weight is 413 g/mol. The lowest BCUT2D eigenvalue weighted by atomic mass is 9.97. The van der Waals surface area contributed by atoms with Gasteiger partial charge in [0.1, 0.15) is 0 Å². The van der Waals surface area contributed by atoms with Crippen LogP contribution in [0.3, 0.4) is 0 Å². The largest absolute Gasteiger partial charge is 0.416 e. The third kappa shape index (κ3) is 7.60. The summed E-state index contributed by atoms with van der Waals surface area (Å²) in [5.74, 6) is 0. The summed E-state index contributed by atoms with van der Waals surface area (Å²) in [5.41, 5.74) is -0.548. The summed E-state index contributed by atoms with van der Waals surface area (Å²) in [4.78, 5) is 1.82. The van der Waals surface area contributed by atoms with Crippen molar-refractivity contribution in [2.75, 3.05) is 26.2 Å². The molecule has 0 aromatic heterocycles. The van der Waals surface area contributed by atoms with Gasteiger partial charge in [0.05, 0.1) is 5.56 Å². The van der Waals surface area contributed by atoms with Gasteiger partial charge in [-0.25, -0.2) is 0 Å². The van der Waals surface area contributed by atoms with Crippen LogP contribution in [0.15, 0.2) is 24.3 Å². The minimum Gasteiger partial charge on any atom is -0.314 e. The lowest BCUT2D eigenvalue weighted by Crippen LogP contribution is -2.45. The highest BCUT2D eigenvalue weighted by Gasteiger charge is 2.34. The Balaban J connectivity index is 0.00000288. The Kier molecular flexibility index (Phi) is 9.57. The predicted octanol–water partition coefficient (Wildman–Crippen LogP) is 4.84. The number of nitrogens with zero attached hydrogens (tertiary/aromatic N) is 1. The van der Waals surface area contributed by atoms with Crippen LogP contribution in [0.2, 0.25) is 0 Å². The van der Waals surface area contributed by atoms with Crippen molar-refractivity contribution < 1.29 is 26.3 Å². The van der Waals surface area contributed by atoms with Gasteiger partial charge in [-0.1, -0.05) is 12.1 Å². The van der Waals surface area contributed by atoms with Gasteiger partial charge in [-0.15, -0.1) is 24.8 Å². The Morgan fingerprint density at radius 1 is 1.00 bits per heavy atom. The molecular formula is C15H20Cl2F6N2. The Bertz CT molecular complexity index is 515. The minimum absolute atomic E-state index is 0. The van der Waals surface area contributed by atoms with E-state index in [9.17, 15) is 26.3 Å². The van der Waals surface area contributed by atoms with Crippen LogP contribution in [0.25, 0.3) is 0 Å². The van der Waals surface area contributed by atoms with Crippen LogP contribution >= 0.6 is 24.8 Å². The van der Waals surface area contributed by atoms with Crippen molar-refractivity contribution in [3.05, 3.63) is 35.4 Å². The van der Waals surface area contributed by atoms with Crippen LogP contribution in [-0.2, 0) is 6.18 Å². The first kappa shape index (κ1) is 24.3. The van der Waals surface area contributed by atoms with E-state index < -0.39 is 30.4 Å². The number of piperazine rings is 1. The van der Waals surface area contributed by atoms with Gasteiger partial charge < -0.3 is 5.32 Å². The van der Waals surface area contributed by atoms with Crippen LogP contribution in [-0.4, -0.2) is 37.3 Å². The molecule has 0 saturated carbocycles. The van der Waals surface area contributed by atoms with Crippen molar-refractivity contribution >= 4 is 24.8 Å². The Hall–Kier alpha value is -0.700. The van der Waals surface area contributed by atoms with Gasteiger partial charge in [0.15, 0.2) is 0 Å². The number of alkyl halides is 6. The van der Waals surface area contributed by atoms with Crippen molar-refractivity contribution in [2.45, 2.75) is 31.2 Å². The molecule has 0 radical (unpaired) electrons. The lowest BCUT2D eigenvalue weighted by Gasteiger charge is -2.35. The molecular weight excluding hydrogens is 393 g/mol. The molecule has 2 nitrogen and oxygen atoms in total. The molecule has 1 saturated heterocycles. The molecule has 1 heterocycles. The second-order valence-electron chi connectivity index (χ2n) is 5.58. The first-order valence-electron chi connectivity index (χ1n) is 7.35. The summed E-state index contributed by atoms with van der Waals surface area (Å²) in [6, 6.07) is 3.95. The molecule has 1 aromatic carbocycles. The highest BCUT2D eigenvalue weighted by molar-refractivity contribution is 5.85. The third-order valence-electron chi connectivity index (χ3n) is 3.89. The number of nitrogens with one attached hydrogen (secondary N) is 1. The number of halogens is 8. The second-order valence-corrected chi connectivity index (χ2v) is 5.58. The molecule has 0 bridgehead atoms. The van der Waals surface area contributed by atoms with E-state index in [0.717, 1.165) is 12.1 Å². The Morgan fingerprint density at radius 3 is 2.12 bits per heavy atom. The fourth-order valence-electron chi connectivity index (χ4n) is 2.78. The highest BCUT2D eigenvalue weighted by Crippen LogP contribution is 2.35. The predicted molar refractivity (Wildman–Crippen MR) is 88.4 cm³/mol. The monoisotopic (exact) mass is 412 g/mol. The molecule has 1 aliphatic heterocycles. The average Bonchev–Trinajstić information content (AvgIpc) is 2.47. The van der Waals surface area contributed by atoms with Crippen molar-refractivity contribution in [1.82, 2.24) is 10.2 Å². The molecule has 1 fully saturated rings. The molecule has 10 heteroatoms. The van der Waals surface area contributed by atoms with Gasteiger partial charge in [-0.3, -0.25) is 4.90 Å². The van der Waals surface area contributed by atoms with Crippen LogP contribution in [0, 0.1) is 0 Å². The third-order valence-corrected chi connectivity index (χ3v) is 3.89. The van der Waals surface area contributed by atoms with E-state index in [4.69, 9.17) is 0 Å². The van der Waals surface area contributed by atoms with Gasteiger partial charge in [0, 0.05) is 38.6 Å². The summed E-state index contributed by atoms with van der Waals surface area (Å²) in [5, 5.41) is 3.09.